The summed E-state index contributed by atoms with van der Waals surface area (Å²) >= 11 is 0. The minimum Gasteiger partial charge on any atom is -0.454 e. The van der Waals surface area contributed by atoms with Gasteiger partial charge in [0.2, 0.25) is 12.7 Å². The van der Waals surface area contributed by atoms with Crippen LogP contribution in [-0.4, -0.2) is 41.2 Å². The van der Waals surface area contributed by atoms with Crippen LogP contribution < -0.4 is 19.7 Å². The average molecular weight is 377 g/mol. The number of carbonyl (C=O) groups excluding carboxylic acids is 1. The van der Waals surface area contributed by atoms with E-state index in [-0.39, 0.29) is 12.7 Å². The Morgan fingerprint density at radius 2 is 1.86 bits per heavy atom. The number of likely N-dealkylation sites (N-methyl/N-ethyl adjacent to an activating group) is 1. The second-order valence-corrected chi connectivity index (χ2v) is 6.32. The number of amides is 1. The lowest BCUT2D eigenvalue weighted by atomic mass is 10.2. The molecule has 0 aliphatic carbocycles. The SMILES string of the molecule is CN(CCc1ccncc1)c1ncc(C(=O)Nc2ccc3c(c2)OCO3)cn1. The average Bonchev–Trinajstić information content (AvgIpc) is 3.21. The first kappa shape index (κ1) is 17.7. The van der Waals surface area contributed by atoms with Crippen molar-refractivity contribution < 1.29 is 14.3 Å². The van der Waals surface area contributed by atoms with E-state index in [2.05, 4.69) is 20.3 Å². The minimum absolute atomic E-state index is 0.191. The standard InChI is InChI=1S/C20H19N5O3/c1-25(9-6-14-4-7-21-8-5-14)20-22-11-15(12-23-20)19(26)24-16-2-3-17-18(10-16)28-13-27-17/h2-5,7-8,10-12H,6,9,13H2,1H3,(H,24,26). The van der Waals surface area contributed by atoms with Crippen molar-refractivity contribution in [2.45, 2.75) is 6.42 Å². The van der Waals surface area contributed by atoms with Gasteiger partial charge in [0.15, 0.2) is 11.5 Å². The molecule has 8 nitrogen and oxygen atoms in total. The summed E-state index contributed by atoms with van der Waals surface area (Å²) in [6, 6.07) is 9.21. The van der Waals surface area contributed by atoms with Gasteiger partial charge in [-0.3, -0.25) is 9.78 Å². The van der Waals surface area contributed by atoms with Crippen LogP contribution >= 0.6 is 0 Å². The van der Waals surface area contributed by atoms with Gasteiger partial charge in [-0.25, -0.2) is 9.97 Å². The maximum Gasteiger partial charge on any atom is 0.258 e. The molecule has 0 radical (unpaired) electrons. The normalized spacial score (nSPS) is 11.9. The van der Waals surface area contributed by atoms with Crippen LogP contribution in [0.5, 0.6) is 11.5 Å². The summed E-state index contributed by atoms with van der Waals surface area (Å²) in [5.41, 5.74) is 2.19. The summed E-state index contributed by atoms with van der Waals surface area (Å²) in [4.78, 5) is 27.0. The highest BCUT2D eigenvalue weighted by Crippen LogP contribution is 2.34. The van der Waals surface area contributed by atoms with Gasteiger partial charge < -0.3 is 19.7 Å². The number of hydrogen-bond acceptors (Lipinski definition) is 7. The number of nitrogens with zero attached hydrogens (tertiary/aromatic N) is 4. The van der Waals surface area contributed by atoms with Crippen LogP contribution in [0.4, 0.5) is 11.6 Å². The summed E-state index contributed by atoms with van der Waals surface area (Å²) in [5.74, 6) is 1.55. The first-order valence-electron chi connectivity index (χ1n) is 8.82. The van der Waals surface area contributed by atoms with Crippen molar-refractivity contribution in [3.05, 3.63) is 66.2 Å². The number of hydrogen-bond donors (Lipinski definition) is 1. The van der Waals surface area contributed by atoms with Crippen molar-refractivity contribution in [2.24, 2.45) is 0 Å². The lowest BCUT2D eigenvalue weighted by molar-refractivity contribution is 0.102. The first-order valence-corrected chi connectivity index (χ1v) is 8.82. The fourth-order valence-corrected chi connectivity index (χ4v) is 2.76. The van der Waals surface area contributed by atoms with E-state index in [4.69, 9.17) is 9.47 Å². The van der Waals surface area contributed by atoms with E-state index < -0.39 is 0 Å². The molecule has 0 spiro atoms. The van der Waals surface area contributed by atoms with Crippen molar-refractivity contribution in [1.82, 2.24) is 15.0 Å². The summed E-state index contributed by atoms with van der Waals surface area (Å²) in [7, 11) is 1.92. The van der Waals surface area contributed by atoms with E-state index in [9.17, 15) is 4.79 Å². The number of ether oxygens (including phenoxy) is 2. The van der Waals surface area contributed by atoms with Crippen LogP contribution in [-0.2, 0) is 6.42 Å². The van der Waals surface area contributed by atoms with Crippen molar-refractivity contribution in [3.8, 4) is 11.5 Å². The molecule has 0 unspecified atom stereocenters. The monoisotopic (exact) mass is 377 g/mol. The van der Waals surface area contributed by atoms with E-state index in [1.807, 2.05) is 24.1 Å². The summed E-state index contributed by atoms with van der Waals surface area (Å²) in [6.07, 6.45) is 7.45. The third-order valence-electron chi connectivity index (χ3n) is 4.36. The molecule has 2 aromatic heterocycles. The predicted octanol–water partition coefficient (Wildman–Crippen LogP) is 2.53. The zero-order chi connectivity index (χ0) is 19.3. The maximum absolute atomic E-state index is 12.4. The minimum atomic E-state index is -0.287. The number of carbonyl (C=O) groups is 1. The zero-order valence-electron chi connectivity index (χ0n) is 15.3. The van der Waals surface area contributed by atoms with E-state index in [1.165, 1.54) is 18.0 Å². The lowest BCUT2D eigenvalue weighted by Gasteiger charge is -2.16. The number of aromatic nitrogens is 3. The largest absolute Gasteiger partial charge is 0.454 e. The summed E-state index contributed by atoms with van der Waals surface area (Å²) < 4.78 is 10.6. The smallest absolute Gasteiger partial charge is 0.258 e. The predicted molar refractivity (Wildman–Crippen MR) is 104 cm³/mol. The van der Waals surface area contributed by atoms with Gasteiger partial charge in [0.1, 0.15) is 0 Å². The molecule has 142 valence electrons. The first-order chi connectivity index (χ1) is 13.7. The quantitative estimate of drug-likeness (QED) is 0.706. The number of benzene rings is 1. The molecule has 1 aliphatic heterocycles. The van der Waals surface area contributed by atoms with Gasteiger partial charge in [0.05, 0.1) is 5.56 Å². The Morgan fingerprint density at radius 1 is 1.11 bits per heavy atom. The fraction of sp³-hybridized carbons (Fsp3) is 0.200. The topological polar surface area (TPSA) is 89.5 Å². The van der Waals surface area contributed by atoms with Gasteiger partial charge in [-0.1, -0.05) is 0 Å². The Labute approximate surface area is 162 Å². The van der Waals surface area contributed by atoms with Gasteiger partial charge >= 0.3 is 0 Å². The molecule has 1 amide bonds. The molecule has 0 atom stereocenters. The third-order valence-corrected chi connectivity index (χ3v) is 4.36. The van der Waals surface area contributed by atoms with Gasteiger partial charge in [0, 0.05) is 50.1 Å². The van der Waals surface area contributed by atoms with Crippen molar-refractivity contribution in [3.63, 3.8) is 0 Å². The second-order valence-electron chi connectivity index (χ2n) is 6.32. The number of rotatable bonds is 6. The van der Waals surface area contributed by atoms with Crippen LogP contribution in [0.15, 0.2) is 55.1 Å². The molecular formula is C20H19N5O3. The van der Waals surface area contributed by atoms with Crippen molar-refractivity contribution in [2.75, 3.05) is 30.6 Å². The number of pyridine rings is 1. The van der Waals surface area contributed by atoms with E-state index in [0.717, 1.165) is 13.0 Å². The molecule has 3 heterocycles. The van der Waals surface area contributed by atoms with Crippen molar-refractivity contribution >= 4 is 17.5 Å². The Hall–Kier alpha value is -3.68. The lowest BCUT2D eigenvalue weighted by Crippen LogP contribution is -2.23. The van der Waals surface area contributed by atoms with Gasteiger partial charge in [-0.15, -0.1) is 0 Å². The summed E-state index contributed by atoms with van der Waals surface area (Å²) in [6.45, 7) is 0.948. The van der Waals surface area contributed by atoms with Crippen LogP contribution in [0.25, 0.3) is 0 Å². The molecule has 4 rings (SSSR count). The summed E-state index contributed by atoms with van der Waals surface area (Å²) in [5, 5.41) is 2.81. The Kier molecular flexibility index (Phi) is 5.01. The molecule has 3 aromatic rings. The molecule has 1 N–H and O–H groups in total. The molecule has 0 saturated heterocycles. The Bertz CT molecular complexity index is 963. The number of fused-ring (bicyclic) bond motifs is 1. The highest BCUT2D eigenvalue weighted by molar-refractivity contribution is 6.04. The van der Waals surface area contributed by atoms with Crippen LogP contribution in [0.2, 0.25) is 0 Å². The third kappa shape index (κ3) is 4.01. The molecule has 0 bridgehead atoms. The second kappa shape index (κ2) is 7.91. The van der Waals surface area contributed by atoms with Gasteiger partial charge in [0.25, 0.3) is 5.91 Å². The number of anilines is 2. The zero-order valence-corrected chi connectivity index (χ0v) is 15.3. The molecular weight excluding hydrogens is 358 g/mol. The fourth-order valence-electron chi connectivity index (χ4n) is 2.76. The molecule has 0 saturated carbocycles. The van der Waals surface area contributed by atoms with Crippen molar-refractivity contribution in [1.29, 1.82) is 0 Å². The number of nitrogens with one attached hydrogen (secondary N) is 1. The molecule has 0 fully saturated rings. The van der Waals surface area contributed by atoms with Crippen LogP contribution in [0.3, 0.4) is 0 Å². The highest BCUT2D eigenvalue weighted by Gasteiger charge is 2.15. The van der Waals surface area contributed by atoms with Crippen LogP contribution in [0.1, 0.15) is 15.9 Å². The Morgan fingerprint density at radius 3 is 2.64 bits per heavy atom. The van der Waals surface area contributed by atoms with Gasteiger partial charge in [-0.05, 0) is 36.2 Å². The van der Waals surface area contributed by atoms with E-state index in [0.29, 0.717) is 28.7 Å². The molecule has 28 heavy (non-hydrogen) atoms. The van der Waals surface area contributed by atoms with E-state index in [1.54, 1.807) is 30.6 Å². The van der Waals surface area contributed by atoms with Crippen LogP contribution in [0, 0.1) is 0 Å². The van der Waals surface area contributed by atoms with Gasteiger partial charge in [-0.2, -0.15) is 0 Å². The molecule has 1 aromatic carbocycles. The molecule has 8 heteroatoms. The Balaban J connectivity index is 1.36. The van der Waals surface area contributed by atoms with E-state index >= 15 is 0 Å². The maximum atomic E-state index is 12.4. The molecule has 1 aliphatic rings. The highest BCUT2D eigenvalue weighted by atomic mass is 16.7.